The molecule has 0 spiro atoms. The number of thiophene rings is 1. The Hall–Kier alpha value is -2.42. The monoisotopic (exact) mass is 512 g/mol. The van der Waals surface area contributed by atoms with Gasteiger partial charge in [-0.3, -0.25) is 9.36 Å². The van der Waals surface area contributed by atoms with Crippen LogP contribution in [-0.2, 0) is 11.2 Å². The zero-order valence-electron chi connectivity index (χ0n) is 17.1. The number of carbonyl (C=O) groups is 1. The van der Waals surface area contributed by atoms with E-state index in [1.807, 2.05) is 35.8 Å². The van der Waals surface area contributed by atoms with Crippen molar-refractivity contribution in [2.24, 2.45) is 0 Å². The van der Waals surface area contributed by atoms with E-state index in [1.165, 1.54) is 22.2 Å². The van der Waals surface area contributed by atoms with Gasteiger partial charge in [-0.2, -0.15) is 0 Å². The molecule has 0 atom stereocenters. The fourth-order valence-electron chi connectivity index (χ4n) is 3.07. The molecule has 0 bridgehead atoms. The summed E-state index contributed by atoms with van der Waals surface area (Å²) in [6.07, 6.45) is 0.696. The Balaban J connectivity index is 1.53. The van der Waals surface area contributed by atoms with Gasteiger partial charge in [0.1, 0.15) is 5.82 Å². The Morgan fingerprint density at radius 1 is 1.10 bits per heavy atom. The lowest BCUT2D eigenvalue weighted by molar-refractivity contribution is -0.113. The van der Waals surface area contributed by atoms with Crippen molar-refractivity contribution in [3.8, 4) is 5.69 Å². The van der Waals surface area contributed by atoms with E-state index in [9.17, 15) is 4.79 Å². The van der Waals surface area contributed by atoms with Crippen LogP contribution < -0.4 is 5.32 Å². The number of carbonyl (C=O) groups excluding carboxylic acids is 1. The molecule has 5 nitrogen and oxygen atoms in total. The first-order valence-electron chi connectivity index (χ1n) is 9.72. The maximum absolute atomic E-state index is 12.6. The predicted molar refractivity (Wildman–Crippen MR) is 131 cm³/mol. The van der Waals surface area contributed by atoms with Crippen LogP contribution in [0, 0.1) is 13.8 Å². The highest BCUT2D eigenvalue weighted by Crippen LogP contribution is 2.26. The fraction of sp³-hybridized carbons (Fsp3) is 0.174. The molecule has 2 aromatic heterocycles. The second kappa shape index (κ2) is 9.80. The first-order valence-corrected chi connectivity index (χ1v) is 12.4. The number of thioether (sulfide) groups is 1. The SMILES string of the molecule is Cc1ccc(-n2c(Cc3cccs3)nnc2SCC(=O)Nc2ccc(C)cc2Br)cc1. The molecule has 158 valence electrons. The number of hydrogen-bond acceptors (Lipinski definition) is 5. The molecule has 0 saturated carbocycles. The lowest BCUT2D eigenvalue weighted by Gasteiger charge is -2.11. The number of halogens is 1. The molecule has 1 amide bonds. The van der Waals surface area contributed by atoms with Gasteiger partial charge < -0.3 is 5.32 Å². The van der Waals surface area contributed by atoms with Crippen LogP contribution in [0.25, 0.3) is 5.69 Å². The van der Waals surface area contributed by atoms with E-state index < -0.39 is 0 Å². The van der Waals surface area contributed by atoms with Gasteiger partial charge in [0.2, 0.25) is 5.91 Å². The molecule has 2 heterocycles. The third-order valence-corrected chi connectivity index (χ3v) is 7.10. The van der Waals surface area contributed by atoms with Crippen LogP contribution in [0.3, 0.4) is 0 Å². The number of rotatable bonds is 7. The van der Waals surface area contributed by atoms with Gasteiger partial charge in [0.25, 0.3) is 0 Å². The summed E-state index contributed by atoms with van der Waals surface area (Å²) in [6, 6.07) is 18.2. The van der Waals surface area contributed by atoms with Gasteiger partial charge in [0.15, 0.2) is 5.16 Å². The molecule has 0 aliphatic carbocycles. The number of amides is 1. The molecular formula is C23H21BrN4OS2. The molecule has 31 heavy (non-hydrogen) atoms. The largest absolute Gasteiger partial charge is 0.324 e. The number of anilines is 1. The summed E-state index contributed by atoms with van der Waals surface area (Å²) in [7, 11) is 0. The van der Waals surface area contributed by atoms with E-state index in [2.05, 4.69) is 74.1 Å². The molecule has 0 fully saturated rings. The Morgan fingerprint density at radius 2 is 1.87 bits per heavy atom. The highest BCUT2D eigenvalue weighted by Gasteiger charge is 2.17. The molecule has 0 unspecified atom stereocenters. The van der Waals surface area contributed by atoms with Crippen LogP contribution in [-0.4, -0.2) is 26.4 Å². The van der Waals surface area contributed by atoms with Crippen molar-refractivity contribution in [2.75, 3.05) is 11.1 Å². The maximum Gasteiger partial charge on any atom is 0.234 e. The van der Waals surface area contributed by atoms with Crippen molar-refractivity contribution in [2.45, 2.75) is 25.4 Å². The summed E-state index contributed by atoms with van der Waals surface area (Å²) in [6.45, 7) is 4.07. The zero-order chi connectivity index (χ0) is 21.8. The number of benzene rings is 2. The molecule has 0 aliphatic heterocycles. The molecule has 1 N–H and O–H groups in total. The topological polar surface area (TPSA) is 59.8 Å². The number of aryl methyl sites for hydroxylation is 2. The van der Waals surface area contributed by atoms with Gasteiger partial charge >= 0.3 is 0 Å². The van der Waals surface area contributed by atoms with Crippen LogP contribution in [0.4, 0.5) is 5.69 Å². The minimum absolute atomic E-state index is 0.0900. The standard InChI is InChI=1S/C23H21BrN4OS2/c1-15-5-8-17(9-6-15)28-21(13-18-4-3-11-30-18)26-27-23(28)31-14-22(29)25-20-10-7-16(2)12-19(20)24/h3-12H,13-14H2,1-2H3,(H,25,29). The van der Waals surface area contributed by atoms with Crippen LogP contribution in [0.2, 0.25) is 0 Å². The van der Waals surface area contributed by atoms with Gasteiger partial charge in [0, 0.05) is 21.5 Å². The average Bonchev–Trinajstić information content (AvgIpc) is 3.40. The molecular weight excluding hydrogens is 492 g/mol. The Kier molecular flexibility index (Phi) is 6.89. The summed E-state index contributed by atoms with van der Waals surface area (Å²) in [4.78, 5) is 13.8. The lowest BCUT2D eigenvalue weighted by Crippen LogP contribution is -2.15. The van der Waals surface area contributed by atoms with Crippen molar-refractivity contribution in [3.05, 3.63) is 86.3 Å². The summed E-state index contributed by atoms with van der Waals surface area (Å²) in [5.41, 5.74) is 4.07. The smallest absolute Gasteiger partial charge is 0.234 e. The van der Waals surface area contributed by atoms with Crippen molar-refractivity contribution in [1.82, 2.24) is 14.8 Å². The van der Waals surface area contributed by atoms with Gasteiger partial charge in [-0.15, -0.1) is 21.5 Å². The molecule has 0 saturated heterocycles. The maximum atomic E-state index is 12.6. The first-order chi connectivity index (χ1) is 15.0. The minimum Gasteiger partial charge on any atom is -0.324 e. The van der Waals surface area contributed by atoms with Crippen molar-refractivity contribution < 1.29 is 4.79 Å². The third kappa shape index (κ3) is 5.44. The fourth-order valence-corrected chi connectivity index (χ4v) is 5.13. The van der Waals surface area contributed by atoms with Gasteiger partial charge in [-0.05, 0) is 71.1 Å². The van der Waals surface area contributed by atoms with E-state index in [4.69, 9.17) is 0 Å². The Labute approximate surface area is 198 Å². The van der Waals surface area contributed by atoms with Crippen LogP contribution >= 0.6 is 39.0 Å². The van der Waals surface area contributed by atoms with E-state index in [1.54, 1.807) is 11.3 Å². The quantitative estimate of drug-likeness (QED) is 0.307. The molecule has 0 aliphatic rings. The molecule has 8 heteroatoms. The molecule has 2 aromatic carbocycles. The van der Waals surface area contributed by atoms with E-state index >= 15 is 0 Å². The second-order valence-corrected chi connectivity index (χ2v) is 9.98. The predicted octanol–water partition coefficient (Wildman–Crippen LogP) is 6.03. The van der Waals surface area contributed by atoms with Crippen LogP contribution in [0.15, 0.2) is 69.6 Å². The van der Waals surface area contributed by atoms with Crippen LogP contribution in [0.1, 0.15) is 21.8 Å². The number of hydrogen-bond donors (Lipinski definition) is 1. The van der Waals surface area contributed by atoms with E-state index in [0.717, 1.165) is 27.2 Å². The molecule has 4 rings (SSSR count). The van der Waals surface area contributed by atoms with Crippen molar-refractivity contribution >= 4 is 50.6 Å². The number of aromatic nitrogens is 3. The second-order valence-electron chi connectivity index (χ2n) is 7.15. The summed E-state index contributed by atoms with van der Waals surface area (Å²) in [5.74, 6) is 1.01. The summed E-state index contributed by atoms with van der Waals surface area (Å²) < 4.78 is 2.91. The Morgan fingerprint density at radius 3 is 2.58 bits per heavy atom. The van der Waals surface area contributed by atoms with E-state index in [-0.39, 0.29) is 11.7 Å². The highest BCUT2D eigenvalue weighted by atomic mass is 79.9. The average molecular weight is 513 g/mol. The Bertz CT molecular complexity index is 1190. The van der Waals surface area contributed by atoms with Gasteiger partial charge in [0.05, 0.1) is 11.4 Å². The van der Waals surface area contributed by atoms with Crippen LogP contribution in [0.5, 0.6) is 0 Å². The minimum atomic E-state index is -0.0900. The highest BCUT2D eigenvalue weighted by molar-refractivity contribution is 9.10. The molecule has 0 radical (unpaired) electrons. The van der Waals surface area contributed by atoms with Crippen molar-refractivity contribution in [1.29, 1.82) is 0 Å². The third-order valence-electron chi connectivity index (χ3n) is 4.64. The van der Waals surface area contributed by atoms with Crippen molar-refractivity contribution in [3.63, 3.8) is 0 Å². The van der Waals surface area contributed by atoms with Gasteiger partial charge in [-0.1, -0.05) is 41.6 Å². The van der Waals surface area contributed by atoms with E-state index in [0.29, 0.717) is 11.6 Å². The summed E-state index contributed by atoms with van der Waals surface area (Å²) >= 11 is 6.58. The first kappa shape index (κ1) is 21.8. The lowest BCUT2D eigenvalue weighted by atomic mass is 10.2. The number of nitrogens with one attached hydrogen (secondary N) is 1. The summed E-state index contributed by atoms with van der Waals surface area (Å²) in [5, 5.41) is 14.5. The molecule has 4 aromatic rings. The van der Waals surface area contributed by atoms with Gasteiger partial charge in [-0.25, -0.2) is 0 Å². The zero-order valence-corrected chi connectivity index (χ0v) is 20.4. The normalized spacial score (nSPS) is 10.9. The number of nitrogens with zero attached hydrogens (tertiary/aromatic N) is 3.